The predicted molar refractivity (Wildman–Crippen MR) is 142 cm³/mol. The van der Waals surface area contributed by atoms with Crippen LogP contribution in [0.1, 0.15) is 58.1 Å². The van der Waals surface area contributed by atoms with Gasteiger partial charge in [0.2, 0.25) is 5.36 Å². The van der Waals surface area contributed by atoms with Crippen molar-refractivity contribution >= 4 is 41.4 Å². The molecule has 0 saturated carbocycles. The molecule has 1 atom stereocenters. The molecular formula is C28H36N3O2Si+. The molecule has 0 bridgehead atoms. The summed E-state index contributed by atoms with van der Waals surface area (Å²) in [7, 11) is -2.22. The van der Waals surface area contributed by atoms with Crippen molar-refractivity contribution in [1.82, 2.24) is 4.58 Å². The average Bonchev–Trinajstić information content (AvgIpc) is 2.77. The number of nitrogens with one attached hydrogen (secondary N) is 1. The Morgan fingerprint density at radius 3 is 2.76 bits per heavy atom. The Balaban J connectivity index is 1.80. The molecule has 1 unspecified atom stereocenters. The Morgan fingerprint density at radius 1 is 1.24 bits per heavy atom. The van der Waals surface area contributed by atoms with Gasteiger partial charge in [-0.2, -0.15) is 0 Å². The highest BCUT2D eigenvalue weighted by atomic mass is 28.3. The maximum atomic E-state index is 11.4. The zero-order valence-electron chi connectivity index (χ0n) is 21.1. The first-order chi connectivity index (χ1) is 16.1. The molecule has 0 spiro atoms. The zero-order chi connectivity index (χ0) is 24.3. The maximum absolute atomic E-state index is 11.4. The quantitative estimate of drug-likeness (QED) is 0.517. The first-order valence-corrected chi connectivity index (χ1v) is 15.4. The third kappa shape index (κ3) is 3.63. The van der Waals surface area contributed by atoms with E-state index in [2.05, 4.69) is 74.5 Å². The van der Waals surface area contributed by atoms with Gasteiger partial charge in [-0.1, -0.05) is 6.55 Å². The van der Waals surface area contributed by atoms with Crippen LogP contribution in [0.25, 0.3) is 5.57 Å². The van der Waals surface area contributed by atoms with Crippen molar-refractivity contribution in [2.24, 2.45) is 4.99 Å². The van der Waals surface area contributed by atoms with E-state index >= 15 is 0 Å². The number of allylic oxidation sites excluding steroid dienone is 1. The van der Waals surface area contributed by atoms with Crippen LogP contribution in [0.3, 0.4) is 0 Å². The van der Waals surface area contributed by atoms with Crippen LogP contribution >= 0.6 is 0 Å². The summed E-state index contributed by atoms with van der Waals surface area (Å²) in [6.45, 7) is 13.4. The van der Waals surface area contributed by atoms with Crippen molar-refractivity contribution in [3.8, 4) is 0 Å². The van der Waals surface area contributed by atoms with Crippen LogP contribution < -0.4 is 31.0 Å². The fourth-order valence-corrected chi connectivity index (χ4v) is 10.4. The largest absolute Gasteiger partial charge is 0.481 e. The molecule has 2 aromatic carbocycles. The number of aryl methyl sites for hydroxylation is 1. The number of aliphatic carboxylic acids is 1. The fourth-order valence-electron chi connectivity index (χ4n) is 6.40. The summed E-state index contributed by atoms with van der Waals surface area (Å²) in [6, 6.07) is 10.3. The number of benzene rings is 2. The molecule has 0 saturated heterocycles. The highest BCUT2D eigenvalue weighted by Crippen LogP contribution is 2.30. The lowest BCUT2D eigenvalue weighted by Crippen LogP contribution is -2.64. The molecule has 3 heterocycles. The number of hydrogen-bond acceptors (Lipinski definition) is 3. The number of carboxylic acid groups (broad SMARTS) is 1. The molecule has 5 rings (SSSR count). The molecule has 0 aromatic heterocycles. The highest BCUT2D eigenvalue weighted by molar-refractivity contribution is 7.02. The summed E-state index contributed by atoms with van der Waals surface area (Å²) in [5.74, 6) is -0.712. The molecular weight excluding hydrogens is 438 g/mol. The minimum absolute atomic E-state index is 0.0476. The van der Waals surface area contributed by atoms with Gasteiger partial charge in [-0.3, -0.25) is 4.79 Å². The Bertz CT molecular complexity index is 1360. The second-order valence-electron chi connectivity index (χ2n) is 10.9. The highest BCUT2D eigenvalue weighted by Gasteiger charge is 2.40. The smallest absolute Gasteiger partial charge is 0.303 e. The normalized spacial score (nSPS) is 21.8. The van der Waals surface area contributed by atoms with Gasteiger partial charge in [0.25, 0.3) is 0 Å². The van der Waals surface area contributed by atoms with E-state index in [0.717, 1.165) is 43.0 Å². The van der Waals surface area contributed by atoms with Crippen molar-refractivity contribution in [2.75, 3.05) is 18.4 Å². The molecule has 3 aliphatic rings. The van der Waals surface area contributed by atoms with Crippen LogP contribution in [0, 0.1) is 0 Å². The molecule has 2 aromatic rings. The molecule has 0 aliphatic carbocycles. The first-order valence-electron chi connectivity index (χ1n) is 12.6. The van der Waals surface area contributed by atoms with Crippen LogP contribution in [0.2, 0.25) is 12.6 Å². The van der Waals surface area contributed by atoms with Gasteiger partial charge in [0.05, 0.1) is 16.6 Å². The third-order valence-corrected chi connectivity index (χ3v) is 12.6. The van der Waals surface area contributed by atoms with E-state index in [1.54, 1.807) is 0 Å². The second kappa shape index (κ2) is 8.19. The van der Waals surface area contributed by atoms with Gasteiger partial charge in [0, 0.05) is 38.6 Å². The van der Waals surface area contributed by atoms with Crippen molar-refractivity contribution in [3.63, 3.8) is 0 Å². The number of fused-ring (bicyclic) bond motifs is 4. The summed E-state index contributed by atoms with van der Waals surface area (Å²) in [4.78, 5) is 16.6. The maximum Gasteiger partial charge on any atom is 0.303 e. The van der Waals surface area contributed by atoms with Crippen LogP contribution in [-0.4, -0.2) is 37.8 Å². The molecule has 34 heavy (non-hydrogen) atoms. The average molecular weight is 475 g/mol. The number of rotatable bonds is 5. The third-order valence-electron chi connectivity index (χ3n) is 8.07. The van der Waals surface area contributed by atoms with E-state index in [1.165, 1.54) is 38.1 Å². The summed E-state index contributed by atoms with van der Waals surface area (Å²) in [6.07, 6.45) is 5.51. The topological polar surface area (TPSA) is 64.7 Å². The minimum Gasteiger partial charge on any atom is -0.481 e. The molecule has 0 fully saturated rings. The second-order valence-corrected chi connectivity index (χ2v) is 15.1. The zero-order valence-corrected chi connectivity index (χ0v) is 22.1. The molecule has 2 N–H and O–H groups in total. The van der Waals surface area contributed by atoms with Crippen molar-refractivity contribution in [3.05, 3.63) is 52.2 Å². The Kier molecular flexibility index (Phi) is 5.55. The van der Waals surface area contributed by atoms with E-state index in [0.29, 0.717) is 6.42 Å². The lowest BCUT2D eigenvalue weighted by Gasteiger charge is -2.35. The summed E-state index contributed by atoms with van der Waals surface area (Å²) < 4.78 is 2.49. The first kappa shape index (κ1) is 23.0. The van der Waals surface area contributed by atoms with E-state index in [4.69, 9.17) is 4.99 Å². The van der Waals surface area contributed by atoms with Gasteiger partial charge in [-0.05, 0) is 84.9 Å². The van der Waals surface area contributed by atoms with E-state index < -0.39 is 14.0 Å². The Morgan fingerprint density at radius 2 is 2.03 bits per heavy atom. The molecule has 0 amide bonds. The van der Waals surface area contributed by atoms with Crippen LogP contribution in [0.15, 0.2) is 35.3 Å². The monoisotopic (exact) mass is 474 g/mol. The number of carboxylic acids is 1. The number of anilines is 1. The van der Waals surface area contributed by atoms with Crippen molar-refractivity contribution in [1.29, 1.82) is 0 Å². The van der Waals surface area contributed by atoms with Gasteiger partial charge in [-0.15, -0.1) is 0 Å². The van der Waals surface area contributed by atoms with Gasteiger partial charge >= 0.3 is 5.97 Å². The van der Waals surface area contributed by atoms with E-state index in [9.17, 15) is 9.90 Å². The molecule has 6 heteroatoms. The van der Waals surface area contributed by atoms with Gasteiger partial charge < -0.3 is 10.4 Å². The van der Waals surface area contributed by atoms with Gasteiger partial charge in [0.15, 0.2) is 5.54 Å². The number of hydrogen-bond donors (Lipinski definition) is 2. The van der Waals surface area contributed by atoms with E-state index in [-0.39, 0.29) is 12.0 Å². The predicted octanol–water partition coefficient (Wildman–Crippen LogP) is 3.07. The molecule has 178 valence electrons. The number of likely N-dealkylation sites (N-methyl/N-ethyl adjacent to an activating group) is 1. The van der Waals surface area contributed by atoms with Gasteiger partial charge in [-0.25, -0.2) is 9.57 Å². The summed E-state index contributed by atoms with van der Waals surface area (Å²) in [5, 5.41) is 18.0. The molecule has 0 radical (unpaired) electrons. The SMILES string of the molecule is CC[N+]1=c2cc3c(cc2C(C)=CC1(C)C)=Nc1cc2c(cc1[Si]3(C)CCCC(=O)O)NCCC2. The van der Waals surface area contributed by atoms with E-state index in [1.807, 2.05) is 0 Å². The summed E-state index contributed by atoms with van der Waals surface area (Å²) in [5.41, 5.74) is 6.23. The molecule has 5 nitrogen and oxygen atoms in total. The summed E-state index contributed by atoms with van der Waals surface area (Å²) >= 11 is 0. The number of carbonyl (C=O) groups is 1. The lowest BCUT2D eigenvalue weighted by molar-refractivity contribution is -0.137. The Hall–Kier alpha value is -2.73. The van der Waals surface area contributed by atoms with Crippen molar-refractivity contribution in [2.45, 2.75) is 71.5 Å². The minimum atomic E-state index is -2.22. The van der Waals surface area contributed by atoms with Gasteiger partial charge in [0.1, 0.15) is 14.6 Å². The Labute approximate surface area is 203 Å². The van der Waals surface area contributed by atoms with Crippen molar-refractivity contribution < 1.29 is 9.90 Å². The van der Waals surface area contributed by atoms with Crippen LogP contribution in [0.4, 0.5) is 11.4 Å². The van der Waals surface area contributed by atoms with Crippen LogP contribution in [0.5, 0.6) is 0 Å². The van der Waals surface area contributed by atoms with Crippen LogP contribution in [-0.2, 0) is 11.2 Å². The fraction of sp³-hybridized carbons (Fsp3) is 0.464. The molecule has 3 aliphatic heterocycles. The number of nitrogens with zero attached hydrogens (tertiary/aromatic N) is 2. The lowest BCUT2D eigenvalue weighted by atomic mass is 9.92. The standard InChI is InChI=1S/C28H35N3O2Si/c1-6-31-24-16-26-23(14-20(24)18(2)17-28(31,3)4)30-22-13-19-9-7-11-29-21(19)15-25(22)34(26,5)12-8-10-27(32)33/h13-17H,6-12H2,1-5H3,(H,32,33)/p+1.